The van der Waals surface area contributed by atoms with Gasteiger partial charge in [-0.05, 0) is 37.1 Å². The Kier molecular flexibility index (Phi) is 9.14. The monoisotopic (exact) mass is 641 g/mol. The van der Waals surface area contributed by atoms with Crippen LogP contribution in [0.1, 0.15) is 32.4 Å². The van der Waals surface area contributed by atoms with Crippen LogP contribution in [0.3, 0.4) is 0 Å². The number of carboxylic acid groups (broad SMARTS) is 1. The van der Waals surface area contributed by atoms with Gasteiger partial charge in [-0.15, -0.1) is 22.0 Å². The van der Waals surface area contributed by atoms with Gasteiger partial charge in [0.2, 0.25) is 11.1 Å². The second kappa shape index (κ2) is 12.3. The van der Waals surface area contributed by atoms with Crippen molar-refractivity contribution in [2.45, 2.75) is 54.2 Å². The van der Waals surface area contributed by atoms with Gasteiger partial charge in [0.15, 0.2) is 0 Å². The van der Waals surface area contributed by atoms with Gasteiger partial charge >= 0.3 is 12.1 Å². The topological polar surface area (TPSA) is 234 Å². The van der Waals surface area contributed by atoms with Crippen molar-refractivity contribution in [1.29, 1.82) is 0 Å². The van der Waals surface area contributed by atoms with Crippen LogP contribution in [0.15, 0.2) is 46.8 Å². The number of rotatable bonds is 10. The second-order valence-electron chi connectivity index (χ2n) is 10.1. The Morgan fingerprint density at radius 2 is 1.95 bits per heavy atom. The maximum absolute atomic E-state index is 13.4. The Labute approximate surface area is 248 Å². The van der Waals surface area contributed by atoms with Gasteiger partial charge in [0, 0.05) is 5.75 Å². The molecular formula is C23H27N7O9S3. The highest BCUT2D eigenvalue weighted by Gasteiger charge is 2.55. The van der Waals surface area contributed by atoms with Crippen LogP contribution >= 0.6 is 23.5 Å². The van der Waals surface area contributed by atoms with Crippen molar-refractivity contribution in [2.24, 2.45) is 0 Å². The van der Waals surface area contributed by atoms with E-state index in [4.69, 9.17) is 4.74 Å². The molecule has 1 aromatic carbocycles. The van der Waals surface area contributed by atoms with E-state index in [0.717, 1.165) is 28.4 Å². The van der Waals surface area contributed by atoms with Crippen LogP contribution in [0.5, 0.6) is 0 Å². The predicted molar refractivity (Wildman–Crippen MR) is 148 cm³/mol. The molecule has 1 saturated heterocycles. The number of carbonyl (C=O) groups excluding carboxylic acids is 3. The largest absolute Gasteiger partial charge is 0.477 e. The number of carbonyl (C=O) groups is 4. The molecule has 19 heteroatoms. The van der Waals surface area contributed by atoms with Crippen molar-refractivity contribution in [3.05, 3.63) is 47.2 Å². The van der Waals surface area contributed by atoms with E-state index in [1.807, 2.05) is 0 Å². The van der Waals surface area contributed by atoms with Crippen LogP contribution in [0.25, 0.3) is 0 Å². The molecule has 2 aromatic rings. The third kappa shape index (κ3) is 7.39. The molecule has 4 atom stereocenters. The normalized spacial score (nSPS) is 20.2. The van der Waals surface area contributed by atoms with Crippen LogP contribution in [0.4, 0.5) is 4.79 Å². The number of aromatic amines is 1. The lowest BCUT2D eigenvalue weighted by atomic mass is 10.00. The summed E-state index contributed by atoms with van der Waals surface area (Å²) in [6.07, 6.45) is -0.857. The number of aliphatic carboxylic acids is 1. The summed E-state index contributed by atoms with van der Waals surface area (Å²) in [6, 6.07) is 5.91. The molecule has 16 nitrogen and oxygen atoms in total. The Morgan fingerprint density at radius 3 is 2.52 bits per heavy atom. The highest BCUT2D eigenvalue weighted by atomic mass is 32.2. The average Bonchev–Trinajstić information content (AvgIpc) is 3.40. The molecule has 2 aliphatic heterocycles. The number of ether oxygens (including phenoxy) is 1. The zero-order valence-electron chi connectivity index (χ0n) is 22.4. The molecule has 3 unspecified atom stereocenters. The fraction of sp³-hybridized carbons (Fsp3) is 0.435. The van der Waals surface area contributed by atoms with Crippen LogP contribution in [-0.4, -0.2) is 101 Å². The summed E-state index contributed by atoms with van der Waals surface area (Å²) in [6.45, 7) is 4.99. The average molecular weight is 642 g/mol. The molecule has 3 heterocycles. The maximum Gasteiger partial charge on any atom is 0.408 e. The number of aromatic nitrogens is 4. The number of β-lactam (4-membered cyclic amide) rings is 1. The molecule has 1 aromatic heterocycles. The van der Waals surface area contributed by atoms with Gasteiger partial charge < -0.3 is 20.5 Å². The van der Waals surface area contributed by atoms with E-state index in [1.165, 1.54) is 0 Å². The van der Waals surface area contributed by atoms with Gasteiger partial charge in [0.1, 0.15) is 28.8 Å². The van der Waals surface area contributed by atoms with Gasteiger partial charge in [-0.25, -0.2) is 9.59 Å². The first-order chi connectivity index (χ1) is 19.6. The smallest absolute Gasteiger partial charge is 0.408 e. The van der Waals surface area contributed by atoms with Crippen LogP contribution in [-0.2, 0) is 29.2 Å². The number of hydrogen-bond acceptors (Lipinski definition) is 12. The summed E-state index contributed by atoms with van der Waals surface area (Å²) in [5, 5.41) is 26.2. The number of nitrogens with one attached hydrogen (secondary N) is 3. The summed E-state index contributed by atoms with van der Waals surface area (Å²) >= 11 is 1.85. The zero-order valence-corrected chi connectivity index (χ0v) is 24.8. The first kappa shape index (κ1) is 31.3. The van der Waals surface area contributed by atoms with Crippen molar-refractivity contribution in [1.82, 2.24) is 36.2 Å². The van der Waals surface area contributed by atoms with Crippen molar-refractivity contribution in [2.75, 3.05) is 11.5 Å². The highest BCUT2D eigenvalue weighted by Crippen LogP contribution is 2.44. The Bertz CT molecular complexity index is 1490. The third-order valence-corrected chi connectivity index (χ3v) is 9.27. The van der Waals surface area contributed by atoms with E-state index >= 15 is 0 Å². The molecule has 0 bridgehead atoms. The number of tetrazole rings is 1. The molecule has 1 fully saturated rings. The van der Waals surface area contributed by atoms with E-state index in [0.29, 0.717) is 5.56 Å². The number of benzene rings is 1. The number of H-pyrrole nitrogens is 1. The van der Waals surface area contributed by atoms with E-state index in [1.54, 1.807) is 51.1 Å². The first-order valence-electron chi connectivity index (χ1n) is 12.3. The molecule has 5 N–H and O–H groups in total. The van der Waals surface area contributed by atoms with E-state index in [2.05, 4.69) is 31.3 Å². The number of alkyl carbamates (subject to hydrolysis) is 1. The summed E-state index contributed by atoms with van der Waals surface area (Å²) in [4.78, 5) is 52.4. The van der Waals surface area contributed by atoms with Crippen molar-refractivity contribution in [3.8, 4) is 0 Å². The quantitative estimate of drug-likeness (QED) is 0.135. The third-order valence-electron chi connectivity index (χ3n) is 5.88. The van der Waals surface area contributed by atoms with Gasteiger partial charge in [-0.3, -0.25) is 19.0 Å². The minimum absolute atomic E-state index is 0.00229. The predicted octanol–water partition coefficient (Wildman–Crippen LogP) is 0.553. The molecule has 0 spiro atoms. The summed E-state index contributed by atoms with van der Waals surface area (Å²) in [7, 11) is -4.58. The maximum atomic E-state index is 13.4. The van der Waals surface area contributed by atoms with E-state index < -0.39 is 73.8 Å². The lowest BCUT2D eigenvalue weighted by Gasteiger charge is -2.50. The Hall–Kier alpha value is -3.68. The van der Waals surface area contributed by atoms with E-state index in [-0.39, 0.29) is 16.5 Å². The molecular weight excluding hydrogens is 614 g/mol. The fourth-order valence-corrected chi connectivity index (χ4v) is 7.90. The lowest BCUT2D eigenvalue weighted by molar-refractivity contribution is -0.151. The first-order valence-corrected chi connectivity index (χ1v) is 15.8. The van der Waals surface area contributed by atoms with Crippen LogP contribution in [0.2, 0.25) is 0 Å². The lowest BCUT2D eigenvalue weighted by Crippen LogP contribution is -2.71. The molecule has 42 heavy (non-hydrogen) atoms. The number of fused-ring (bicyclic) bond motifs is 1. The molecule has 0 radical (unpaired) electrons. The zero-order chi connectivity index (χ0) is 30.8. The number of nitrogens with zero attached hydrogens (tertiary/aromatic N) is 4. The Morgan fingerprint density at radius 1 is 1.26 bits per heavy atom. The van der Waals surface area contributed by atoms with Crippen LogP contribution in [0, 0.1) is 0 Å². The fourth-order valence-electron chi connectivity index (χ4n) is 4.22. The SMILES string of the molecule is CC(C)(C)OC(=O)NC(C(=O)NC1C(=O)N2C(C(=O)O)=C(C(CS(=O)(=O)O)Sc3nn[nH]n3)CS[C@@H]12)c1ccccc1. The molecule has 0 aliphatic carbocycles. The van der Waals surface area contributed by atoms with Gasteiger partial charge in [0.25, 0.3) is 16.0 Å². The molecule has 0 saturated carbocycles. The van der Waals surface area contributed by atoms with Gasteiger partial charge in [-0.1, -0.05) is 42.1 Å². The molecule has 4 rings (SSSR count). The summed E-state index contributed by atoms with van der Waals surface area (Å²) < 4.78 is 38.3. The number of amides is 3. The summed E-state index contributed by atoms with van der Waals surface area (Å²) in [5.74, 6) is -3.91. The number of carboxylic acids is 1. The van der Waals surface area contributed by atoms with Gasteiger partial charge in [-0.2, -0.15) is 13.6 Å². The minimum atomic E-state index is -4.58. The van der Waals surface area contributed by atoms with Crippen molar-refractivity contribution >= 4 is 57.5 Å². The molecule has 2 aliphatic rings. The van der Waals surface area contributed by atoms with Gasteiger partial charge in [0.05, 0.1) is 11.0 Å². The van der Waals surface area contributed by atoms with Crippen molar-refractivity contribution in [3.63, 3.8) is 0 Å². The summed E-state index contributed by atoms with van der Waals surface area (Å²) in [5.41, 5.74) is -0.841. The number of hydrogen-bond donors (Lipinski definition) is 5. The van der Waals surface area contributed by atoms with Crippen molar-refractivity contribution < 1.29 is 42.0 Å². The van der Waals surface area contributed by atoms with Crippen LogP contribution < -0.4 is 10.6 Å². The minimum Gasteiger partial charge on any atom is -0.477 e. The Balaban J connectivity index is 1.57. The van der Waals surface area contributed by atoms with E-state index in [9.17, 15) is 37.3 Å². The highest BCUT2D eigenvalue weighted by molar-refractivity contribution is 8.01. The molecule has 226 valence electrons. The standard InChI is InChI=1S/C23H27N7O9S3/c1-23(2,3)39-22(35)25-14(11-7-5-4-6-8-11)17(31)24-15-18(32)30-16(20(33)34)12(9-40-19(15)30)13(10-42(36,37)38)41-21-26-28-29-27-21/h4-8,13-15,19H,9-10H2,1-3H3,(H,24,31)(H,25,35)(H,33,34)(H,36,37,38)(H,26,27,28,29)/t13?,14?,15?,19-/m0/s1. The second-order valence-corrected chi connectivity index (χ2v) is 13.9. The number of thioether (sulfide) groups is 2. The molecule has 3 amide bonds.